The smallest absolute Gasteiger partial charge is 0.254 e. The number of hydrogen-bond donors (Lipinski definition) is 0. The summed E-state index contributed by atoms with van der Waals surface area (Å²) in [6, 6.07) is 2.93. The Kier molecular flexibility index (Phi) is 5.33. The van der Waals surface area contributed by atoms with E-state index in [4.69, 9.17) is 0 Å². The summed E-state index contributed by atoms with van der Waals surface area (Å²) in [5.41, 5.74) is 2.56. The number of hydrogen-bond acceptors (Lipinski definition) is 4. The second-order valence-electron chi connectivity index (χ2n) is 7.36. The molecule has 3 heterocycles. The SMILES string of the molecule is Cn1cncc1-c1nccnc1CC1CCCN(C(=O)c2cc(F)cc(F)c2)C1. The Bertz CT molecular complexity index is 1020. The molecule has 1 aliphatic rings. The van der Waals surface area contributed by atoms with Gasteiger partial charge in [0.05, 0.1) is 23.9 Å². The third-order valence-corrected chi connectivity index (χ3v) is 5.23. The predicted octanol–water partition coefficient (Wildman–Crippen LogP) is 3.25. The molecule has 0 saturated carbocycles. The molecule has 29 heavy (non-hydrogen) atoms. The van der Waals surface area contributed by atoms with Crippen molar-refractivity contribution in [3.63, 3.8) is 0 Å². The highest BCUT2D eigenvalue weighted by Gasteiger charge is 2.26. The van der Waals surface area contributed by atoms with E-state index in [1.165, 1.54) is 0 Å². The maximum Gasteiger partial charge on any atom is 0.254 e. The van der Waals surface area contributed by atoms with Crippen LogP contribution in [0.25, 0.3) is 11.4 Å². The second kappa shape index (κ2) is 8.06. The van der Waals surface area contributed by atoms with Gasteiger partial charge in [-0.2, -0.15) is 0 Å². The number of carbonyl (C=O) groups excluding carboxylic acids is 1. The fraction of sp³-hybridized carbons (Fsp3) is 0.333. The molecular weight excluding hydrogens is 376 g/mol. The van der Waals surface area contributed by atoms with Crippen molar-refractivity contribution in [1.29, 1.82) is 0 Å². The molecular formula is C21H21F2N5O. The van der Waals surface area contributed by atoms with Gasteiger partial charge in [-0.25, -0.2) is 13.8 Å². The van der Waals surface area contributed by atoms with Gasteiger partial charge in [0.15, 0.2) is 0 Å². The largest absolute Gasteiger partial charge is 0.338 e. The molecule has 1 aromatic carbocycles. The molecule has 0 radical (unpaired) electrons. The molecule has 1 unspecified atom stereocenters. The van der Waals surface area contributed by atoms with Gasteiger partial charge < -0.3 is 9.47 Å². The molecule has 1 saturated heterocycles. The van der Waals surface area contributed by atoms with Crippen LogP contribution in [0.15, 0.2) is 43.1 Å². The van der Waals surface area contributed by atoms with Crippen LogP contribution in [-0.4, -0.2) is 43.4 Å². The lowest BCUT2D eigenvalue weighted by atomic mass is 9.92. The van der Waals surface area contributed by atoms with Gasteiger partial charge in [-0.3, -0.25) is 14.8 Å². The minimum Gasteiger partial charge on any atom is -0.338 e. The summed E-state index contributed by atoms with van der Waals surface area (Å²) < 4.78 is 28.9. The van der Waals surface area contributed by atoms with Crippen LogP contribution in [0.1, 0.15) is 28.9 Å². The van der Waals surface area contributed by atoms with Crippen LogP contribution in [0.2, 0.25) is 0 Å². The molecule has 4 rings (SSSR count). The van der Waals surface area contributed by atoms with Crippen molar-refractivity contribution in [2.45, 2.75) is 19.3 Å². The summed E-state index contributed by atoms with van der Waals surface area (Å²) in [5, 5.41) is 0. The summed E-state index contributed by atoms with van der Waals surface area (Å²) in [6.07, 6.45) is 9.22. The summed E-state index contributed by atoms with van der Waals surface area (Å²) >= 11 is 0. The molecule has 1 amide bonds. The molecule has 6 nitrogen and oxygen atoms in total. The molecule has 1 fully saturated rings. The number of rotatable bonds is 4. The van der Waals surface area contributed by atoms with Crippen LogP contribution in [0.4, 0.5) is 8.78 Å². The number of carbonyl (C=O) groups is 1. The van der Waals surface area contributed by atoms with E-state index in [1.54, 1.807) is 29.8 Å². The number of aryl methyl sites for hydroxylation is 1. The summed E-state index contributed by atoms with van der Waals surface area (Å²) in [5.74, 6) is -1.65. The van der Waals surface area contributed by atoms with Gasteiger partial charge in [0, 0.05) is 44.2 Å². The van der Waals surface area contributed by atoms with Gasteiger partial charge in [0.2, 0.25) is 0 Å². The standard InChI is InChI=1S/C21H21F2N5O/c1-27-13-24-11-19(27)20-18(25-4-5-26-20)7-14-3-2-6-28(12-14)21(29)15-8-16(22)10-17(23)9-15/h4-5,8-11,13-14H,2-3,6-7,12H2,1H3. The molecule has 0 spiro atoms. The Morgan fingerprint density at radius 1 is 1.17 bits per heavy atom. The molecule has 3 aromatic rings. The zero-order valence-corrected chi connectivity index (χ0v) is 16.1. The maximum atomic E-state index is 13.5. The zero-order valence-electron chi connectivity index (χ0n) is 16.1. The first-order chi connectivity index (χ1) is 14.0. The molecule has 0 aliphatic carbocycles. The van der Waals surface area contributed by atoms with E-state index in [0.717, 1.165) is 48.1 Å². The molecule has 150 valence electrons. The van der Waals surface area contributed by atoms with Crippen LogP contribution in [0.5, 0.6) is 0 Å². The van der Waals surface area contributed by atoms with E-state index in [9.17, 15) is 13.6 Å². The fourth-order valence-corrected chi connectivity index (χ4v) is 3.87. The zero-order chi connectivity index (χ0) is 20.4. The van der Waals surface area contributed by atoms with Crippen molar-refractivity contribution in [2.75, 3.05) is 13.1 Å². The van der Waals surface area contributed by atoms with Crippen molar-refractivity contribution in [3.05, 3.63) is 66.0 Å². The molecule has 2 aromatic heterocycles. The highest BCUT2D eigenvalue weighted by atomic mass is 19.1. The Balaban J connectivity index is 1.51. The summed E-state index contributed by atoms with van der Waals surface area (Å²) in [7, 11) is 1.90. The van der Waals surface area contributed by atoms with Crippen molar-refractivity contribution < 1.29 is 13.6 Å². The molecule has 0 N–H and O–H groups in total. The van der Waals surface area contributed by atoms with E-state index in [0.29, 0.717) is 19.5 Å². The highest BCUT2D eigenvalue weighted by molar-refractivity contribution is 5.94. The average Bonchev–Trinajstić information content (AvgIpc) is 3.13. The van der Waals surface area contributed by atoms with Gasteiger partial charge in [0.1, 0.15) is 17.3 Å². The Morgan fingerprint density at radius 3 is 2.66 bits per heavy atom. The summed E-state index contributed by atoms with van der Waals surface area (Å²) in [4.78, 5) is 27.6. The van der Waals surface area contributed by atoms with Gasteiger partial charge in [-0.05, 0) is 37.3 Å². The van der Waals surface area contributed by atoms with Crippen LogP contribution < -0.4 is 0 Å². The highest BCUT2D eigenvalue weighted by Crippen LogP contribution is 2.26. The first-order valence-corrected chi connectivity index (χ1v) is 9.53. The van der Waals surface area contributed by atoms with Gasteiger partial charge in [0.25, 0.3) is 5.91 Å². The Labute approximate surface area is 167 Å². The number of piperidine rings is 1. The Morgan fingerprint density at radius 2 is 1.93 bits per heavy atom. The van der Waals surface area contributed by atoms with E-state index < -0.39 is 11.6 Å². The third kappa shape index (κ3) is 4.16. The van der Waals surface area contributed by atoms with E-state index in [2.05, 4.69) is 15.0 Å². The minimum atomic E-state index is -0.748. The van der Waals surface area contributed by atoms with E-state index in [-0.39, 0.29) is 17.4 Å². The second-order valence-corrected chi connectivity index (χ2v) is 7.36. The monoisotopic (exact) mass is 397 g/mol. The number of halogens is 2. The van der Waals surface area contributed by atoms with Crippen LogP contribution in [-0.2, 0) is 13.5 Å². The quantitative estimate of drug-likeness (QED) is 0.678. The molecule has 1 atom stereocenters. The van der Waals surface area contributed by atoms with Crippen LogP contribution >= 0.6 is 0 Å². The lowest BCUT2D eigenvalue weighted by Crippen LogP contribution is -2.40. The number of amides is 1. The predicted molar refractivity (Wildman–Crippen MR) is 103 cm³/mol. The summed E-state index contributed by atoms with van der Waals surface area (Å²) in [6.45, 7) is 1.08. The van der Waals surface area contributed by atoms with Crippen LogP contribution in [0.3, 0.4) is 0 Å². The van der Waals surface area contributed by atoms with Crippen molar-refractivity contribution in [2.24, 2.45) is 13.0 Å². The lowest BCUT2D eigenvalue weighted by molar-refractivity contribution is 0.0672. The van der Waals surface area contributed by atoms with Gasteiger partial charge in [-0.15, -0.1) is 0 Å². The van der Waals surface area contributed by atoms with Gasteiger partial charge >= 0.3 is 0 Å². The number of nitrogens with zero attached hydrogens (tertiary/aromatic N) is 5. The van der Waals surface area contributed by atoms with Crippen LogP contribution in [0, 0.1) is 17.6 Å². The molecule has 0 bridgehead atoms. The number of aromatic nitrogens is 4. The minimum absolute atomic E-state index is 0.0400. The topological polar surface area (TPSA) is 63.9 Å². The van der Waals surface area contributed by atoms with Crippen molar-refractivity contribution in [3.8, 4) is 11.4 Å². The fourth-order valence-electron chi connectivity index (χ4n) is 3.87. The van der Waals surface area contributed by atoms with E-state index >= 15 is 0 Å². The van der Waals surface area contributed by atoms with E-state index in [1.807, 2.05) is 11.6 Å². The van der Waals surface area contributed by atoms with Crippen molar-refractivity contribution >= 4 is 5.91 Å². The maximum absolute atomic E-state index is 13.5. The normalized spacial score (nSPS) is 16.8. The first-order valence-electron chi connectivity index (χ1n) is 9.53. The van der Waals surface area contributed by atoms with Crippen molar-refractivity contribution in [1.82, 2.24) is 24.4 Å². The molecule has 1 aliphatic heterocycles. The average molecular weight is 397 g/mol. The van der Waals surface area contributed by atoms with Gasteiger partial charge in [-0.1, -0.05) is 0 Å². The first kappa shape index (κ1) is 19.2. The Hall–Kier alpha value is -3.16. The molecule has 8 heteroatoms. The number of benzene rings is 1. The lowest BCUT2D eigenvalue weighted by Gasteiger charge is -2.33. The number of imidazole rings is 1. The number of likely N-dealkylation sites (tertiary alicyclic amines) is 1. The third-order valence-electron chi connectivity index (χ3n) is 5.23.